The van der Waals surface area contributed by atoms with Crippen LogP contribution in [0, 0.1) is 5.92 Å². The molecule has 0 aliphatic heterocycles. The van der Waals surface area contributed by atoms with Gasteiger partial charge in [-0.2, -0.15) is 0 Å². The van der Waals surface area contributed by atoms with E-state index >= 15 is 0 Å². The van der Waals surface area contributed by atoms with Gasteiger partial charge in [0.2, 0.25) is 0 Å². The first-order valence-corrected chi connectivity index (χ1v) is 11.3. The van der Waals surface area contributed by atoms with E-state index in [4.69, 9.17) is 9.47 Å². The fourth-order valence-electron chi connectivity index (χ4n) is 2.99. The minimum absolute atomic E-state index is 0.137. The highest BCUT2D eigenvalue weighted by Crippen LogP contribution is 2.13. The molecule has 0 fully saturated rings. The molecule has 0 aliphatic rings. The van der Waals surface area contributed by atoms with Crippen molar-refractivity contribution in [2.45, 2.75) is 98.0 Å². The summed E-state index contributed by atoms with van der Waals surface area (Å²) in [5.41, 5.74) is 0.282. The van der Waals surface area contributed by atoms with Crippen molar-refractivity contribution in [3.8, 4) is 0 Å². The van der Waals surface area contributed by atoms with Crippen LogP contribution in [0.25, 0.3) is 0 Å². The van der Waals surface area contributed by atoms with Gasteiger partial charge in [-0.15, -0.1) is 0 Å². The molecule has 0 aliphatic carbocycles. The monoisotopic (exact) mass is 405 g/mol. The summed E-state index contributed by atoms with van der Waals surface area (Å²) in [6, 6.07) is 4.75. The maximum absolute atomic E-state index is 12.3. The second-order valence-corrected chi connectivity index (χ2v) is 7.87. The summed E-state index contributed by atoms with van der Waals surface area (Å²) in [7, 11) is 0. The summed E-state index contributed by atoms with van der Waals surface area (Å²) in [6.45, 7) is 8.57. The summed E-state index contributed by atoms with van der Waals surface area (Å²) in [4.78, 5) is 28.6. The predicted octanol–water partition coefficient (Wildman–Crippen LogP) is 6.36. The number of nitrogens with zero attached hydrogens (tertiary/aromatic N) is 1. The van der Waals surface area contributed by atoms with Gasteiger partial charge < -0.3 is 9.47 Å². The third-order valence-corrected chi connectivity index (χ3v) is 5.39. The Morgan fingerprint density at radius 1 is 0.862 bits per heavy atom. The van der Waals surface area contributed by atoms with Crippen molar-refractivity contribution in [1.82, 2.24) is 4.98 Å². The Labute approximate surface area is 176 Å². The normalized spacial score (nSPS) is 13.0. The Hall–Kier alpha value is -1.91. The first kappa shape index (κ1) is 25.1. The zero-order valence-corrected chi connectivity index (χ0v) is 18.7. The molecule has 29 heavy (non-hydrogen) atoms. The van der Waals surface area contributed by atoms with Gasteiger partial charge in [-0.1, -0.05) is 84.6 Å². The van der Waals surface area contributed by atoms with E-state index in [1.165, 1.54) is 44.9 Å². The average molecular weight is 406 g/mol. The van der Waals surface area contributed by atoms with Gasteiger partial charge in [0.25, 0.3) is 0 Å². The molecule has 0 saturated heterocycles. The Morgan fingerprint density at radius 2 is 1.41 bits per heavy atom. The van der Waals surface area contributed by atoms with E-state index in [1.54, 1.807) is 18.2 Å². The average Bonchev–Trinajstić information content (AvgIpc) is 2.74. The van der Waals surface area contributed by atoms with Crippen molar-refractivity contribution in [3.05, 3.63) is 29.6 Å². The highest BCUT2D eigenvalue weighted by molar-refractivity contribution is 5.91. The van der Waals surface area contributed by atoms with Crippen LogP contribution >= 0.6 is 0 Å². The lowest BCUT2D eigenvalue weighted by atomic mass is 10.0. The number of unbranched alkanes of at least 4 members (excludes halogenated alkanes) is 8. The molecule has 2 unspecified atom stereocenters. The molecule has 0 radical (unpaired) electrons. The predicted molar refractivity (Wildman–Crippen MR) is 116 cm³/mol. The summed E-state index contributed by atoms with van der Waals surface area (Å²) in [5.74, 6) is -0.732. The number of ether oxygens (including phenoxy) is 2. The van der Waals surface area contributed by atoms with Gasteiger partial charge in [-0.05, 0) is 31.4 Å². The molecule has 0 spiro atoms. The summed E-state index contributed by atoms with van der Waals surface area (Å²) >= 11 is 0. The Bertz CT molecular complexity index is 602. The van der Waals surface area contributed by atoms with Crippen molar-refractivity contribution in [1.29, 1.82) is 0 Å². The lowest BCUT2D eigenvalue weighted by Crippen LogP contribution is -2.22. The SMILES string of the molecule is CCCCCCCCCCCOC(=O)c1cccc(C(=O)OC(C)C(C)CC)n1. The van der Waals surface area contributed by atoms with E-state index < -0.39 is 11.9 Å². The van der Waals surface area contributed by atoms with Crippen LogP contribution in [0.1, 0.15) is 113 Å². The van der Waals surface area contributed by atoms with Crippen molar-refractivity contribution in [2.75, 3.05) is 6.61 Å². The molecule has 0 amide bonds. The maximum Gasteiger partial charge on any atom is 0.357 e. The highest BCUT2D eigenvalue weighted by Gasteiger charge is 2.19. The van der Waals surface area contributed by atoms with E-state index in [0.29, 0.717) is 6.61 Å². The minimum Gasteiger partial charge on any atom is -0.461 e. The zero-order chi connectivity index (χ0) is 21.5. The van der Waals surface area contributed by atoms with Crippen LogP contribution in [0.2, 0.25) is 0 Å². The molecule has 164 valence electrons. The van der Waals surface area contributed by atoms with E-state index in [1.807, 2.05) is 13.8 Å². The Morgan fingerprint density at radius 3 is 2.00 bits per heavy atom. The number of carbonyl (C=O) groups excluding carboxylic acids is 2. The van der Waals surface area contributed by atoms with Crippen molar-refractivity contribution < 1.29 is 19.1 Å². The second kappa shape index (κ2) is 15.0. The Kier molecular flexibility index (Phi) is 13.0. The molecule has 5 heteroatoms. The molecule has 0 N–H and O–H groups in total. The summed E-state index contributed by atoms with van der Waals surface area (Å²) < 4.78 is 10.7. The fourth-order valence-corrected chi connectivity index (χ4v) is 2.99. The van der Waals surface area contributed by atoms with Crippen LogP contribution < -0.4 is 0 Å². The second-order valence-electron chi connectivity index (χ2n) is 7.87. The first-order chi connectivity index (χ1) is 14.0. The number of aromatic nitrogens is 1. The number of carbonyl (C=O) groups is 2. The van der Waals surface area contributed by atoms with Crippen LogP contribution in [0.3, 0.4) is 0 Å². The number of hydrogen-bond donors (Lipinski definition) is 0. The van der Waals surface area contributed by atoms with Crippen LogP contribution in [0.5, 0.6) is 0 Å². The van der Waals surface area contributed by atoms with Crippen LogP contribution in [0.4, 0.5) is 0 Å². The lowest BCUT2D eigenvalue weighted by Gasteiger charge is -2.18. The largest absolute Gasteiger partial charge is 0.461 e. The number of pyridine rings is 1. The molecule has 0 saturated carbocycles. The van der Waals surface area contributed by atoms with Crippen molar-refractivity contribution in [2.24, 2.45) is 5.92 Å². The third-order valence-electron chi connectivity index (χ3n) is 5.39. The van der Waals surface area contributed by atoms with E-state index in [-0.39, 0.29) is 23.4 Å². The summed E-state index contributed by atoms with van der Waals surface area (Å²) in [6.07, 6.45) is 11.6. The third kappa shape index (κ3) is 10.4. The molecule has 1 heterocycles. The quantitative estimate of drug-likeness (QED) is 0.251. The smallest absolute Gasteiger partial charge is 0.357 e. The van der Waals surface area contributed by atoms with Gasteiger partial charge in [0.1, 0.15) is 17.5 Å². The van der Waals surface area contributed by atoms with Gasteiger partial charge in [0.15, 0.2) is 0 Å². The maximum atomic E-state index is 12.3. The van der Waals surface area contributed by atoms with E-state index in [9.17, 15) is 9.59 Å². The molecular formula is C24H39NO4. The fraction of sp³-hybridized carbons (Fsp3) is 0.708. The lowest BCUT2D eigenvalue weighted by molar-refractivity contribution is 0.0206. The Balaban J connectivity index is 2.31. The molecule has 0 bridgehead atoms. The van der Waals surface area contributed by atoms with E-state index in [0.717, 1.165) is 19.3 Å². The molecule has 1 aromatic heterocycles. The van der Waals surface area contributed by atoms with Gasteiger partial charge in [-0.3, -0.25) is 0 Å². The molecule has 0 aromatic carbocycles. The van der Waals surface area contributed by atoms with Crippen molar-refractivity contribution in [3.63, 3.8) is 0 Å². The van der Waals surface area contributed by atoms with Gasteiger partial charge in [-0.25, -0.2) is 14.6 Å². The van der Waals surface area contributed by atoms with Gasteiger partial charge in [0.05, 0.1) is 6.61 Å². The standard InChI is InChI=1S/C24H39NO4/c1-5-7-8-9-10-11-12-13-14-18-28-23(26)21-16-15-17-22(25-21)24(27)29-20(4)19(3)6-2/h15-17,19-20H,5-14,18H2,1-4H3. The van der Waals surface area contributed by atoms with Gasteiger partial charge in [0, 0.05) is 0 Å². The van der Waals surface area contributed by atoms with Gasteiger partial charge >= 0.3 is 11.9 Å². The molecule has 2 atom stereocenters. The molecule has 1 aromatic rings. The minimum atomic E-state index is -0.508. The first-order valence-electron chi connectivity index (χ1n) is 11.3. The van der Waals surface area contributed by atoms with E-state index in [2.05, 4.69) is 18.8 Å². The number of rotatable bonds is 15. The molecule has 1 rings (SSSR count). The van der Waals surface area contributed by atoms with Crippen LogP contribution in [-0.2, 0) is 9.47 Å². The summed E-state index contributed by atoms with van der Waals surface area (Å²) in [5, 5.41) is 0. The number of hydrogen-bond acceptors (Lipinski definition) is 5. The highest BCUT2D eigenvalue weighted by atomic mass is 16.5. The topological polar surface area (TPSA) is 65.5 Å². The number of esters is 2. The van der Waals surface area contributed by atoms with Crippen LogP contribution in [0.15, 0.2) is 18.2 Å². The molecule has 5 nitrogen and oxygen atoms in total. The van der Waals surface area contributed by atoms with Crippen molar-refractivity contribution >= 4 is 11.9 Å². The van der Waals surface area contributed by atoms with Crippen LogP contribution in [-0.4, -0.2) is 29.6 Å². The zero-order valence-electron chi connectivity index (χ0n) is 18.7. The molecular weight excluding hydrogens is 366 g/mol.